The van der Waals surface area contributed by atoms with Crippen molar-refractivity contribution in [1.82, 2.24) is 4.57 Å². The zero-order chi connectivity index (χ0) is 25.7. The predicted molar refractivity (Wildman–Crippen MR) is 165 cm³/mol. The lowest BCUT2D eigenvalue weighted by atomic mass is 10.1. The van der Waals surface area contributed by atoms with Gasteiger partial charge in [-0.3, -0.25) is 0 Å². The van der Waals surface area contributed by atoms with Crippen LogP contribution in [0.4, 0.5) is 0 Å². The van der Waals surface area contributed by atoms with E-state index >= 15 is 0 Å². The van der Waals surface area contributed by atoms with Gasteiger partial charge in [-0.2, -0.15) is 0 Å². The van der Waals surface area contributed by atoms with Gasteiger partial charge in [0.1, 0.15) is 23.0 Å². The number of ether oxygens (including phenoxy) is 2. The van der Waals surface area contributed by atoms with Crippen molar-refractivity contribution >= 4 is 66.3 Å². The first-order valence-corrected chi connectivity index (χ1v) is 15.8. The van der Waals surface area contributed by atoms with Gasteiger partial charge in [0.05, 0.1) is 28.1 Å². The minimum absolute atomic E-state index is 0.783. The fraction of sp³-hybridized carbons (Fsp3) is 0. The lowest BCUT2D eigenvalue weighted by Crippen LogP contribution is -2.35. The van der Waals surface area contributed by atoms with E-state index in [0.717, 1.165) is 66.4 Å². The molecule has 0 saturated carbocycles. The average molecular weight is 538 g/mol. The monoisotopic (exact) mass is 537 g/mol. The van der Waals surface area contributed by atoms with E-state index in [1.165, 1.54) is 10.8 Å². The molecule has 1 unspecified atom stereocenters. The van der Waals surface area contributed by atoms with E-state index in [4.69, 9.17) is 21.3 Å². The van der Waals surface area contributed by atoms with Crippen LogP contribution in [0, 0.1) is 0 Å². The largest absolute Gasteiger partial charge is 0.456 e. The van der Waals surface area contributed by atoms with E-state index in [1.807, 2.05) is 12.1 Å². The van der Waals surface area contributed by atoms with Crippen molar-refractivity contribution in [1.29, 1.82) is 0 Å². The zero-order valence-corrected chi connectivity index (χ0v) is 22.4. The Bertz CT molecular complexity index is 2180. The van der Waals surface area contributed by atoms with Crippen molar-refractivity contribution in [2.24, 2.45) is 0 Å². The van der Waals surface area contributed by atoms with Gasteiger partial charge in [-0.25, -0.2) is 0 Å². The molecule has 0 amide bonds. The lowest BCUT2D eigenvalue weighted by molar-refractivity contribution is 0.468. The number of fused-ring (bicyclic) bond motifs is 9. The summed E-state index contributed by atoms with van der Waals surface area (Å²) in [4.78, 5) is 0. The number of nitrogens with zero attached hydrogens (tertiary/aromatic N) is 1. The Labute approximate surface area is 229 Å². The normalized spacial score (nSPS) is 16.8. The molecule has 9 rings (SSSR count). The summed E-state index contributed by atoms with van der Waals surface area (Å²) in [5.41, 5.74) is 3.28. The Balaban J connectivity index is 1.41. The number of hydrogen-bond acceptors (Lipinski definition) is 3. The van der Waals surface area contributed by atoms with Crippen LogP contribution in [0.1, 0.15) is 0 Å². The molecule has 2 aliphatic rings. The van der Waals surface area contributed by atoms with Gasteiger partial charge in [0, 0.05) is 38.9 Å². The van der Waals surface area contributed by atoms with Gasteiger partial charge in [0.15, 0.2) is 0 Å². The van der Waals surface area contributed by atoms with Crippen molar-refractivity contribution in [3.63, 3.8) is 0 Å². The predicted octanol–water partition coefficient (Wildman–Crippen LogP) is 7.90. The molecular weight excluding hydrogens is 517 g/mol. The summed E-state index contributed by atoms with van der Waals surface area (Å²) in [5.74, 6) is 3.27. The van der Waals surface area contributed by atoms with E-state index in [9.17, 15) is 0 Å². The molecule has 0 fully saturated rings. The van der Waals surface area contributed by atoms with Gasteiger partial charge < -0.3 is 14.0 Å². The molecule has 39 heavy (non-hydrogen) atoms. The Kier molecular flexibility index (Phi) is 4.20. The molecule has 0 radical (unpaired) electrons. The number of aromatic nitrogens is 1. The number of benzene rings is 6. The maximum absolute atomic E-state index is 6.85. The van der Waals surface area contributed by atoms with E-state index in [-0.39, 0.29) is 0 Å². The highest BCUT2D eigenvalue weighted by Crippen LogP contribution is 2.60. The first-order chi connectivity index (χ1) is 19.2. The summed E-state index contributed by atoms with van der Waals surface area (Å²) in [6, 6.07) is 39.9. The van der Waals surface area contributed by atoms with Gasteiger partial charge in [-0.15, -0.1) is 0 Å². The topological polar surface area (TPSA) is 23.4 Å². The van der Waals surface area contributed by atoms with Crippen LogP contribution in [0.2, 0.25) is 0 Å². The molecular formula is C34H20NO2PS. The van der Waals surface area contributed by atoms with Crippen LogP contribution in [0.25, 0.3) is 38.3 Å². The molecule has 3 nitrogen and oxygen atoms in total. The molecule has 184 valence electrons. The first-order valence-electron chi connectivity index (χ1n) is 13.0. The van der Waals surface area contributed by atoms with Crippen LogP contribution in [0.5, 0.6) is 23.0 Å². The van der Waals surface area contributed by atoms with Crippen LogP contribution >= 0.6 is 6.04 Å². The van der Waals surface area contributed by atoms with E-state index in [2.05, 4.69) is 114 Å². The van der Waals surface area contributed by atoms with Crippen molar-refractivity contribution in [2.75, 3.05) is 0 Å². The van der Waals surface area contributed by atoms with Gasteiger partial charge >= 0.3 is 0 Å². The number of rotatable bonds is 1. The Hall–Kier alpha value is -4.37. The SMILES string of the molecule is S=P12c3ccccc3Oc3cc(-n4c5ccccc5c5ccccc54)cc(c31)Oc1c2ccc2ccccc12. The first kappa shape index (κ1) is 21.6. The Morgan fingerprint density at radius 2 is 1.15 bits per heavy atom. The van der Waals surface area contributed by atoms with Crippen molar-refractivity contribution in [3.8, 4) is 28.7 Å². The van der Waals surface area contributed by atoms with Crippen molar-refractivity contribution in [3.05, 3.63) is 121 Å². The molecule has 5 heteroatoms. The minimum atomic E-state index is -2.44. The van der Waals surface area contributed by atoms with Gasteiger partial charge in [0.2, 0.25) is 0 Å². The molecule has 1 atom stereocenters. The van der Waals surface area contributed by atoms with Gasteiger partial charge in [-0.05, 0) is 35.7 Å². The fourth-order valence-electron chi connectivity index (χ4n) is 6.35. The Morgan fingerprint density at radius 1 is 0.538 bits per heavy atom. The van der Waals surface area contributed by atoms with E-state index in [0.29, 0.717) is 0 Å². The zero-order valence-electron chi connectivity index (χ0n) is 20.7. The summed E-state index contributed by atoms with van der Waals surface area (Å²) in [6.45, 7) is 0. The molecule has 0 spiro atoms. The standard InChI is InChI=1S/C34H20NO2PS/c39-38-31-16-8-7-15-28(31)36-29-19-22(35-26-13-5-3-11-24(26)25-12-4-6-14-27(25)35)20-30(34(29)38)37-33-23-10-2-1-9-21(23)17-18-32(33)38/h1-20H. The van der Waals surface area contributed by atoms with E-state index < -0.39 is 6.04 Å². The second kappa shape index (κ2) is 7.60. The maximum atomic E-state index is 6.85. The third-order valence-corrected chi connectivity index (χ3v) is 12.9. The fourth-order valence-corrected chi connectivity index (χ4v) is 10.8. The number of hydrogen-bond donors (Lipinski definition) is 0. The average Bonchev–Trinajstić information content (AvgIpc) is 3.31. The molecule has 7 aromatic rings. The highest BCUT2D eigenvalue weighted by atomic mass is 32.4. The van der Waals surface area contributed by atoms with Crippen LogP contribution in [0.3, 0.4) is 0 Å². The molecule has 0 saturated heterocycles. The quantitative estimate of drug-likeness (QED) is 0.199. The lowest BCUT2D eigenvalue weighted by Gasteiger charge is -2.38. The summed E-state index contributed by atoms with van der Waals surface area (Å²) in [7, 11) is 0. The minimum Gasteiger partial charge on any atom is -0.456 e. The molecule has 1 aromatic heterocycles. The summed E-state index contributed by atoms with van der Waals surface area (Å²) >= 11 is 6.76. The molecule has 2 aliphatic heterocycles. The second-order valence-electron chi connectivity index (χ2n) is 10.1. The maximum Gasteiger partial charge on any atom is 0.144 e. The van der Waals surface area contributed by atoms with Crippen LogP contribution in [-0.2, 0) is 11.8 Å². The van der Waals surface area contributed by atoms with Crippen molar-refractivity contribution < 1.29 is 9.47 Å². The third kappa shape index (κ3) is 2.75. The third-order valence-electron chi connectivity index (χ3n) is 8.01. The van der Waals surface area contributed by atoms with E-state index in [1.54, 1.807) is 0 Å². The van der Waals surface area contributed by atoms with Crippen LogP contribution in [-0.4, -0.2) is 4.57 Å². The van der Waals surface area contributed by atoms with Crippen LogP contribution < -0.4 is 25.4 Å². The summed E-state index contributed by atoms with van der Waals surface area (Å²) in [6.07, 6.45) is 0. The molecule has 3 heterocycles. The van der Waals surface area contributed by atoms with Gasteiger partial charge in [0.25, 0.3) is 0 Å². The Morgan fingerprint density at radius 3 is 1.92 bits per heavy atom. The molecule has 0 aliphatic carbocycles. The summed E-state index contributed by atoms with van der Waals surface area (Å²) in [5, 5.41) is 7.83. The smallest absolute Gasteiger partial charge is 0.144 e. The summed E-state index contributed by atoms with van der Waals surface area (Å²) < 4.78 is 15.8. The van der Waals surface area contributed by atoms with Gasteiger partial charge in [-0.1, -0.05) is 90.7 Å². The highest BCUT2D eigenvalue weighted by Gasteiger charge is 2.43. The molecule has 6 aromatic carbocycles. The highest BCUT2D eigenvalue weighted by molar-refractivity contribution is 8.26. The second-order valence-corrected chi connectivity index (χ2v) is 14.3. The van der Waals surface area contributed by atoms with Crippen LogP contribution in [0.15, 0.2) is 121 Å². The van der Waals surface area contributed by atoms with Crippen molar-refractivity contribution in [2.45, 2.75) is 0 Å². The number of para-hydroxylation sites is 3. The molecule has 0 N–H and O–H groups in total. The molecule has 0 bridgehead atoms.